The van der Waals surface area contributed by atoms with Crippen LogP contribution in [0.4, 0.5) is 0 Å². The summed E-state index contributed by atoms with van der Waals surface area (Å²) in [5.74, 6) is 2.41. The normalized spacial score (nSPS) is 11.2. The van der Waals surface area contributed by atoms with Crippen LogP contribution in [0.1, 0.15) is 11.1 Å². The minimum atomic E-state index is 0.587. The molecule has 8 rings (SSSR count). The van der Waals surface area contributed by atoms with Gasteiger partial charge in [-0.2, -0.15) is 0 Å². The molecule has 0 saturated heterocycles. The number of hydrogen-bond acceptors (Lipinski definition) is 5. The number of fused-ring (bicyclic) bond motifs is 1. The summed E-state index contributed by atoms with van der Waals surface area (Å²) < 4.78 is 6.13. The highest BCUT2D eigenvalue weighted by Crippen LogP contribution is 2.32. The first-order chi connectivity index (χ1) is 23.1. The van der Waals surface area contributed by atoms with Crippen LogP contribution in [0.15, 0.2) is 150 Å². The third-order valence-electron chi connectivity index (χ3n) is 8.49. The van der Waals surface area contributed by atoms with Crippen LogP contribution in [0.3, 0.4) is 0 Å². The Labute approximate surface area is 273 Å². The van der Waals surface area contributed by atoms with Gasteiger partial charge in [-0.25, -0.2) is 19.9 Å². The van der Waals surface area contributed by atoms with Gasteiger partial charge in [0.05, 0.1) is 0 Å². The lowest BCUT2D eigenvalue weighted by Gasteiger charge is -2.11. The van der Waals surface area contributed by atoms with Crippen molar-refractivity contribution < 1.29 is 4.42 Å². The molecule has 6 aromatic carbocycles. The van der Waals surface area contributed by atoms with Crippen molar-refractivity contribution in [2.24, 2.45) is 0 Å². The van der Waals surface area contributed by atoms with Crippen molar-refractivity contribution in [3.63, 3.8) is 0 Å². The van der Waals surface area contributed by atoms with Gasteiger partial charge in [-0.1, -0.05) is 109 Å². The minimum absolute atomic E-state index is 0.587. The number of benzene rings is 6. The zero-order valence-corrected chi connectivity index (χ0v) is 26.1. The molecule has 0 aliphatic rings. The lowest BCUT2D eigenvalue weighted by atomic mass is 10.0. The number of rotatable bonds is 6. The van der Waals surface area contributed by atoms with Crippen molar-refractivity contribution in [2.75, 3.05) is 0 Å². The highest BCUT2D eigenvalue weighted by atomic mass is 16.3. The molecular weight excluding hydrogens is 576 g/mol. The van der Waals surface area contributed by atoms with Gasteiger partial charge in [0.25, 0.3) is 0 Å². The average molecular weight is 607 g/mol. The molecule has 0 fully saturated rings. The Morgan fingerprint density at radius 1 is 0.362 bits per heavy atom. The molecule has 0 saturated carbocycles. The number of oxazole rings is 1. The highest BCUT2D eigenvalue weighted by molar-refractivity contribution is 5.79. The summed E-state index contributed by atoms with van der Waals surface area (Å²) in [5, 5.41) is 0. The van der Waals surface area contributed by atoms with Crippen LogP contribution in [0.2, 0.25) is 0 Å². The predicted octanol–water partition coefficient (Wildman–Crippen LogP) is 10.6. The fraction of sp³-hybridized carbons (Fsp3) is 0.0476. The van der Waals surface area contributed by atoms with Crippen LogP contribution in [-0.2, 0) is 0 Å². The maximum atomic E-state index is 6.13. The van der Waals surface area contributed by atoms with Gasteiger partial charge in [0.1, 0.15) is 5.52 Å². The maximum Gasteiger partial charge on any atom is 0.227 e. The van der Waals surface area contributed by atoms with Crippen LogP contribution in [0.25, 0.3) is 79.0 Å². The van der Waals surface area contributed by atoms with E-state index in [-0.39, 0.29) is 0 Å². The fourth-order valence-corrected chi connectivity index (χ4v) is 5.77. The Hall–Kier alpha value is -6.20. The van der Waals surface area contributed by atoms with Gasteiger partial charge in [-0.3, -0.25) is 0 Å². The zero-order chi connectivity index (χ0) is 31.7. The lowest BCUT2D eigenvalue weighted by Crippen LogP contribution is -2.00. The largest absolute Gasteiger partial charge is 0.436 e. The van der Waals surface area contributed by atoms with E-state index >= 15 is 0 Å². The summed E-state index contributed by atoms with van der Waals surface area (Å²) in [6.07, 6.45) is 0. The average Bonchev–Trinajstić information content (AvgIpc) is 3.55. The van der Waals surface area contributed by atoms with Crippen molar-refractivity contribution in [3.8, 4) is 67.9 Å². The van der Waals surface area contributed by atoms with E-state index in [1.807, 2.05) is 66.7 Å². The number of aromatic nitrogens is 4. The fourth-order valence-electron chi connectivity index (χ4n) is 5.77. The van der Waals surface area contributed by atoms with Crippen LogP contribution in [0, 0.1) is 13.8 Å². The lowest BCUT2D eigenvalue weighted by molar-refractivity contribution is 0.619. The molecule has 0 atom stereocenters. The van der Waals surface area contributed by atoms with E-state index < -0.39 is 0 Å². The molecule has 47 heavy (non-hydrogen) atoms. The van der Waals surface area contributed by atoms with E-state index in [0.717, 1.165) is 55.6 Å². The van der Waals surface area contributed by atoms with Crippen LogP contribution in [-0.4, -0.2) is 19.9 Å². The first kappa shape index (κ1) is 28.3. The second kappa shape index (κ2) is 12.0. The van der Waals surface area contributed by atoms with E-state index in [1.165, 1.54) is 11.1 Å². The Balaban J connectivity index is 1.22. The number of aryl methyl sites for hydroxylation is 2. The van der Waals surface area contributed by atoms with Gasteiger partial charge in [-0.15, -0.1) is 0 Å². The van der Waals surface area contributed by atoms with Crippen molar-refractivity contribution in [1.29, 1.82) is 0 Å². The van der Waals surface area contributed by atoms with Gasteiger partial charge >= 0.3 is 0 Å². The van der Waals surface area contributed by atoms with E-state index in [4.69, 9.17) is 24.4 Å². The highest BCUT2D eigenvalue weighted by Gasteiger charge is 2.15. The summed E-state index contributed by atoms with van der Waals surface area (Å²) in [4.78, 5) is 19.8. The molecule has 5 heteroatoms. The molecule has 0 aliphatic carbocycles. The van der Waals surface area contributed by atoms with Crippen molar-refractivity contribution in [2.45, 2.75) is 13.8 Å². The van der Waals surface area contributed by atoms with E-state index in [2.05, 4.69) is 92.7 Å². The zero-order valence-electron chi connectivity index (χ0n) is 26.1. The third kappa shape index (κ3) is 5.71. The summed E-state index contributed by atoms with van der Waals surface area (Å²) in [6, 6.07) is 49.6. The Morgan fingerprint density at radius 3 is 1.36 bits per heavy atom. The molecule has 0 radical (unpaired) electrons. The molecule has 0 unspecified atom stereocenters. The molecule has 0 N–H and O–H groups in total. The van der Waals surface area contributed by atoms with E-state index in [0.29, 0.717) is 23.4 Å². The van der Waals surface area contributed by atoms with E-state index in [9.17, 15) is 0 Å². The Kier molecular flexibility index (Phi) is 7.19. The van der Waals surface area contributed by atoms with Crippen molar-refractivity contribution >= 4 is 11.1 Å². The van der Waals surface area contributed by atoms with Gasteiger partial charge in [0.2, 0.25) is 5.89 Å². The quantitative estimate of drug-likeness (QED) is 0.188. The van der Waals surface area contributed by atoms with Crippen LogP contribution in [0.5, 0.6) is 0 Å². The standard InChI is InChI=1S/C42H30N4O/c1-27-23-37-38(24-28(27)2)47-42(43-37)32-21-19-31(20-22-32)39-44-40(35-17-9-15-33(25-35)29-11-5-3-6-12-29)46-41(45-39)36-18-10-16-34(26-36)30-13-7-4-8-14-30/h3-26H,1-2H3. The molecule has 0 spiro atoms. The Morgan fingerprint density at radius 2 is 0.809 bits per heavy atom. The van der Waals surface area contributed by atoms with Crippen molar-refractivity contribution in [3.05, 3.63) is 157 Å². The molecular formula is C42H30N4O. The predicted molar refractivity (Wildman–Crippen MR) is 189 cm³/mol. The Bertz CT molecular complexity index is 2220. The molecule has 224 valence electrons. The summed E-state index contributed by atoms with van der Waals surface area (Å²) in [5.41, 5.74) is 12.1. The van der Waals surface area contributed by atoms with Crippen LogP contribution >= 0.6 is 0 Å². The first-order valence-corrected chi connectivity index (χ1v) is 15.6. The molecule has 5 nitrogen and oxygen atoms in total. The SMILES string of the molecule is Cc1cc2nc(-c3ccc(-c4nc(-c5cccc(-c6ccccc6)c5)nc(-c5cccc(-c6ccccc6)c5)n4)cc3)oc2cc1C. The minimum Gasteiger partial charge on any atom is -0.436 e. The number of nitrogens with zero attached hydrogens (tertiary/aromatic N) is 4. The summed E-state index contributed by atoms with van der Waals surface area (Å²) in [7, 11) is 0. The molecule has 0 aliphatic heterocycles. The smallest absolute Gasteiger partial charge is 0.227 e. The third-order valence-corrected chi connectivity index (χ3v) is 8.49. The van der Waals surface area contributed by atoms with Gasteiger partial charge in [0, 0.05) is 22.3 Å². The van der Waals surface area contributed by atoms with Crippen LogP contribution < -0.4 is 0 Å². The van der Waals surface area contributed by atoms with Gasteiger partial charge < -0.3 is 4.42 Å². The van der Waals surface area contributed by atoms with Gasteiger partial charge in [0.15, 0.2) is 23.1 Å². The molecule has 0 bridgehead atoms. The van der Waals surface area contributed by atoms with Gasteiger partial charge in [-0.05, 0) is 83.6 Å². The molecule has 0 amide bonds. The first-order valence-electron chi connectivity index (χ1n) is 15.6. The second-order valence-electron chi connectivity index (χ2n) is 11.7. The summed E-state index contributed by atoms with van der Waals surface area (Å²) in [6.45, 7) is 4.17. The van der Waals surface area contributed by atoms with Crippen molar-refractivity contribution in [1.82, 2.24) is 19.9 Å². The molecule has 8 aromatic rings. The maximum absolute atomic E-state index is 6.13. The molecule has 2 heterocycles. The molecule has 2 aromatic heterocycles. The monoisotopic (exact) mass is 606 g/mol. The second-order valence-corrected chi connectivity index (χ2v) is 11.7. The van der Waals surface area contributed by atoms with E-state index in [1.54, 1.807) is 0 Å². The summed E-state index contributed by atoms with van der Waals surface area (Å²) >= 11 is 0. The topological polar surface area (TPSA) is 64.7 Å². The number of hydrogen-bond donors (Lipinski definition) is 0.